The summed E-state index contributed by atoms with van der Waals surface area (Å²) in [5.41, 5.74) is 0. The summed E-state index contributed by atoms with van der Waals surface area (Å²) in [6.45, 7) is 3.75. The average Bonchev–Trinajstić information content (AvgIpc) is 1.91. The predicted octanol–water partition coefficient (Wildman–Crippen LogP) is -0.646. The standard InChI is InChI=1S/C7H13NO2/c1-4-5-2-8-3-6(9)7(5)10-4/h4-9H,2-3H2,1H3. The molecule has 2 aliphatic heterocycles. The van der Waals surface area contributed by atoms with Crippen LogP contribution in [0.4, 0.5) is 0 Å². The van der Waals surface area contributed by atoms with Gasteiger partial charge in [-0.1, -0.05) is 0 Å². The number of nitrogens with one attached hydrogen (secondary N) is 1. The lowest BCUT2D eigenvalue weighted by Crippen LogP contribution is -2.63. The molecule has 0 aromatic heterocycles. The zero-order valence-corrected chi connectivity index (χ0v) is 6.08. The van der Waals surface area contributed by atoms with Crippen molar-refractivity contribution in [3.63, 3.8) is 0 Å². The van der Waals surface area contributed by atoms with Gasteiger partial charge in [-0.05, 0) is 6.92 Å². The molecule has 0 bridgehead atoms. The summed E-state index contributed by atoms with van der Waals surface area (Å²) >= 11 is 0. The molecular formula is C7H13NO2. The molecule has 0 amide bonds. The zero-order valence-electron chi connectivity index (χ0n) is 6.08. The third-order valence-electron chi connectivity index (χ3n) is 2.51. The molecule has 58 valence electrons. The lowest BCUT2D eigenvalue weighted by atomic mass is 9.84. The molecule has 3 heteroatoms. The van der Waals surface area contributed by atoms with E-state index in [0.29, 0.717) is 18.6 Å². The number of hydrogen-bond donors (Lipinski definition) is 2. The van der Waals surface area contributed by atoms with Crippen LogP contribution in [0.2, 0.25) is 0 Å². The highest BCUT2D eigenvalue weighted by Crippen LogP contribution is 2.31. The summed E-state index contributed by atoms with van der Waals surface area (Å²) in [6.07, 6.45) is 0.179. The van der Waals surface area contributed by atoms with E-state index >= 15 is 0 Å². The Kier molecular flexibility index (Phi) is 1.44. The van der Waals surface area contributed by atoms with Crippen molar-refractivity contribution in [2.24, 2.45) is 5.92 Å². The van der Waals surface area contributed by atoms with E-state index in [1.165, 1.54) is 0 Å². The maximum absolute atomic E-state index is 9.33. The lowest BCUT2D eigenvalue weighted by molar-refractivity contribution is -0.223. The van der Waals surface area contributed by atoms with Crippen LogP contribution in [0.5, 0.6) is 0 Å². The normalized spacial score (nSPS) is 53.4. The number of β-amino-alcohol motifs (C(OH)–C–C–N with tert-alkyl or cyclic N) is 1. The molecule has 4 unspecified atom stereocenters. The molecule has 0 spiro atoms. The first-order valence-electron chi connectivity index (χ1n) is 3.83. The average molecular weight is 143 g/mol. The molecule has 2 fully saturated rings. The minimum absolute atomic E-state index is 0.122. The van der Waals surface area contributed by atoms with Gasteiger partial charge in [0, 0.05) is 19.0 Å². The van der Waals surface area contributed by atoms with Crippen molar-refractivity contribution in [1.29, 1.82) is 0 Å². The van der Waals surface area contributed by atoms with Crippen LogP contribution in [-0.4, -0.2) is 36.5 Å². The van der Waals surface area contributed by atoms with Crippen LogP contribution in [-0.2, 0) is 4.74 Å². The molecule has 2 rings (SSSR count). The van der Waals surface area contributed by atoms with Gasteiger partial charge in [-0.25, -0.2) is 0 Å². The van der Waals surface area contributed by atoms with Crippen molar-refractivity contribution in [2.75, 3.05) is 13.1 Å². The number of aliphatic hydroxyl groups excluding tert-OH is 1. The van der Waals surface area contributed by atoms with E-state index in [-0.39, 0.29) is 12.2 Å². The maximum atomic E-state index is 9.33. The maximum Gasteiger partial charge on any atom is 0.0930 e. The third-order valence-corrected chi connectivity index (χ3v) is 2.51. The van der Waals surface area contributed by atoms with E-state index in [1.54, 1.807) is 0 Å². The van der Waals surface area contributed by atoms with Crippen molar-refractivity contribution in [3.05, 3.63) is 0 Å². The Morgan fingerprint density at radius 1 is 1.50 bits per heavy atom. The van der Waals surface area contributed by atoms with Crippen molar-refractivity contribution < 1.29 is 9.84 Å². The van der Waals surface area contributed by atoms with E-state index < -0.39 is 0 Å². The molecular weight excluding hydrogens is 130 g/mol. The van der Waals surface area contributed by atoms with Crippen LogP contribution in [0.25, 0.3) is 0 Å². The molecule has 0 aromatic rings. The van der Waals surface area contributed by atoms with Crippen molar-refractivity contribution in [2.45, 2.75) is 25.2 Å². The van der Waals surface area contributed by atoms with Gasteiger partial charge < -0.3 is 15.2 Å². The molecule has 10 heavy (non-hydrogen) atoms. The zero-order chi connectivity index (χ0) is 7.14. The summed E-state index contributed by atoms with van der Waals surface area (Å²) in [6, 6.07) is 0. The van der Waals surface area contributed by atoms with E-state index in [4.69, 9.17) is 4.74 Å². The highest BCUT2D eigenvalue weighted by molar-refractivity contribution is 4.95. The van der Waals surface area contributed by atoms with Gasteiger partial charge in [0.05, 0.1) is 18.3 Å². The Hall–Kier alpha value is -0.120. The monoisotopic (exact) mass is 143 g/mol. The Balaban J connectivity index is 1.99. The number of piperidine rings is 1. The summed E-state index contributed by atoms with van der Waals surface area (Å²) in [4.78, 5) is 0. The molecule has 0 aromatic carbocycles. The molecule has 2 saturated heterocycles. The first-order chi connectivity index (χ1) is 4.79. The Labute approximate surface area is 60.4 Å². The second kappa shape index (κ2) is 2.19. The van der Waals surface area contributed by atoms with Gasteiger partial charge in [-0.2, -0.15) is 0 Å². The lowest BCUT2D eigenvalue weighted by Gasteiger charge is -2.48. The second-order valence-electron chi connectivity index (χ2n) is 3.20. The van der Waals surface area contributed by atoms with E-state index in [2.05, 4.69) is 12.2 Å². The van der Waals surface area contributed by atoms with Crippen molar-refractivity contribution >= 4 is 0 Å². The van der Waals surface area contributed by atoms with Gasteiger partial charge in [0.2, 0.25) is 0 Å². The Bertz CT molecular complexity index is 138. The minimum Gasteiger partial charge on any atom is -0.389 e. The van der Waals surface area contributed by atoms with Crippen LogP contribution < -0.4 is 5.32 Å². The smallest absolute Gasteiger partial charge is 0.0930 e. The summed E-state index contributed by atoms with van der Waals surface area (Å²) in [5.74, 6) is 0.545. The molecule has 2 heterocycles. The number of hydrogen-bond acceptors (Lipinski definition) is 3. The van der Waals surface area contributed by atoms with E-state index in [0.717, 1.165) is 6.54 Å². The van der Waals surface area contributed by atoms with Crippen LogP contribution >= 0.6 is 0 Å². The van der Waals surface area contributed by atoms with Crippen molar-refractivity contribution in [3.8, 4) is 0 Å². The number of aliphatic hydroxyl groups is 1. The first kappa shape index (κ1) is 6.58. The quantitative estimate of drug-likeness (QED) is 0.473. The van der Waals surface area contributed by atoms with Gasteiger partial charge in [-0.15, -0.1) is 0 Å². The number of ether oxygens (including phenoxy) is 1. The fraction of sp³-hybridized carbons (Fsp3) is 1.00. The highest BCUT2D eigenvalue weighted by atomic mass is 16.5. The largest absolute Gasteiger partial charge is 0.389 e. The Morgan fingerprint density at radius 3 is 2.90 bits per heavy atom. The van der Waals surface area contributed by atoms with Crippen LogP contribution in [0.1, 0.15) is 6.92 Å². The molecule has 0 aliphatic carbocycles. The van der Waals surface area contributed by atoms with Gasteiger partial charge in [0.25, 0.3) is 0 Å². The van der Waals surface area contributed by atoms with E-state index in [9.17, 15) is 5.11 Å². The minimum atomic E-state index is -0.282. The van der Waals surface area contributed by atoms with Crippen LogP contribution in [0, 0.1) is 5.92 Å². The van der Waals surface area contributed by atoms with Crippen LogP contribution in [0.15, 0.2) is 0 Å². The van der Waals surface area contributed by atoms with Crippen molar-refractivity contribution in [1.82, 2.24) is 5.32 Å². The third kappa shape index (κ3) is 0.779. The highest BCUT2D eigenvalue weighted by Gasteiger charge is 2.45. The molecule has 0 saturated carbocycles. The van der Waals surface area contributed by atoms with Gasteiger partial charge >= 0.3 is 0 Å². The van der Waals surface area contributed by atoms with Gasteiger partial charge in [0.15, 0.2) is 0 Å². The summed E-state index contributed by atoms with van der Waals surface area (Å²) in [7, 11) is 0. The van der Waals surface area contributed by atoms with E-state index in [1.807, 2.05) is 0 Å². The summed E-state index contributed by atoms with van der Waals surface area (Å²) < 4.78 is 5.37. The molecule has 2 N–H and O–H groups in total. The van der Waals surface area contributed by atoms with Gasteiger partial charge in [0.1, 0.15) is 0 Å². The molecule has 3 nitrogen and oxygen atoms in total. The topological polar surface area (TPSA) is 41.5 Å². The SMILES string of the molecule is CC1OC2C(O)CNCC12. The fourth-order valence-electron chi connectivity index (χ4n) is 1.80. The molecule has 0 radical (unpaired) electrons. The number of rotatable bonds is 0. The number of fused-ring (bicyclic) bond motifs is 1. The molecule has 4 atom stereocenters. The first-order valence-corrected chi connectivity index (χ1v) is 3.83. The predicted molar refractivity (Wildman–Crippen MR) is 36.7 cm³/mol. The fourth-order valence-corrected chi connectivity index (χ4v) is 1.80. The second-order valence-corrected chi connectivity index (χ2v) is 3.20. The summed E-state index contributed by atoms with van der Waals surface area (Å²) in [5, 5.41) is 12.5. The van der Waals surface area contributed by atoms with Crippen LogP contribution in [0.3, 0.4) is 0 Å². The molecule has 2 aliphatic rings. The Morgan fingerprint density at radius 2 is 2.30 bits per heavy atom. The van der Waals surface area contributed by atoms with Gasteiger partial charge in [-0.3, -0.25) is 0 Å².